The van der Waals surface area contributed by atoms with E-state index >= 15 is 0 Å². The molecule has 90 valence electrons. The SMILES string of the molecule is CN(Cc1cc(Cl)ccc1N)C(C)(C)CO. The molecule has 0 bridgehead atoms. The first-order valence-electron chi connectivity index (χ1n) is 5.23. The molecule has 0 radical (unpaired) electrons. The number of anilines is 1. The van der Waals surface area contributed by atoms with Crippen molar-refractivity contribution in [3.05, 3.63) is 28.8 Å². The number of nitrogens with two attached hydrogens (primary N) is 1. The summed E-state index contributed by atoms with van der Waals surface area (Å²) >= 11 is 5.92. The van der Waals surface area contributed by atoms with E-state index < -0.39 is 0 Å². The van der Waals surface area contributed by atoms with Crippen molar-refractivity contribution >= 4 is 17.3 Å². The summed E-state index contributed by atoms with van der Waals surface area (Å²) in [5.74, 6) is 0. The molecule has 3 N–H and O–H groups in total. The van der Waals surface area contributed by atoms with E-state index in [0.29, 0.717) is 11.6 Å². The second-order valence-electron chi connectivity index (χ2n) is 4.67. The molecule has 0 saturated carbocycles. The molecule has 1 rings (SSSR count). The molecule has 0 unspecified atom stereocenters. The van der Waals surface area contributed by atoms with E-state index in [0.717, 1.165) is 11.3 Å². The van der Waals surface area contributed by atoms with Gasteiger partial charge in [0.1, 0.15) is 0 Å². The lowest BCUT2D eigenvalue weighted by molar-refractivity contribution is 0.0735. The molecule has 0 amide bonds. The first kappa shape index (κ1) is 13.3. The molecule has 3 nitrogen and oxygen atoms in total. The van der Waals surface area contributed by atoms with Gasteiger partial charge in [0.15, 0.2) is 0 Å². The number of aliphatic hydroxyl groups is 1. The monoisotopic (exact) mass is 242 g/mol. The summed E-state index contributed by atoms with van der Waals surface area (Å²) in [6, 6.07) is 5.44. The molecule has 0 heterocycles. The van der Waals surface area contributed by atoms with E-state index in [2.05, 4.69) is 4.90 Å². The molecule has 0 spiro atoms. The molecule has 0 aliphatic carbocycles. The van der Waals surface area contributed by atoms with Gasteiger partial charge in [0, 0.05) is 22.8 Å². The molecular formula is C12H19ClN2O. The van der Waals surface area contributed by atoms with Gasteiger partial charge >= 0.3 is 0 Å². The summed E-state index contributed by atoms with van der Waals surface area (Å²) in [5.41, 5.74) is 7.32. The highest BCUT2D eigenvalue weighted by Crippen LogP contribution is 2.22. The van der Waals surface area contributed by atoms with Crippen molar-refractivity contribution in [2.45, 2.75) is 25.9 Å². The van der Waals surface area contributed by atoms with Crippen molar-refractivity contribution in [2.75, 3.05) is 19.4 Å². The van der Waals surface area contributed by atoms with E-state index in [1.54, 1.807) is 12.1 Å². The Kier molecular flexibility index (Phi) is 4.19. The van der Waals surface area contributed by atoms with Crippen molar-refractivity contribution in [1.82, 2.24) is 4.90 Å². The highest BCUT2D eigenvalue weighted by molar-refractivity contribution is 6.30. The minimum atomic E-state index is -0.269. The molecule has 0 atom stereocenters. The fourth-order valence-electron chi connectivity index (χ4n) is 1.30. The van der Waals surface area contributed by atoms with Crippen LogP contribution in [0.15, 0.2) is 18.2 Å². The average Bonchev–Trinajstić information content (AvgIpc) is 2.23. The highest BCUT2D eigenvalue weighted by atomic mass is 35.5. The van der Waals surface area contributed by atoms with Crippen molar-refractivity contribution in [3.63, 3.8) is 0 Å². The lowest BCUT2D eigenvalue weighted by atomic mass is 10.0. The van der Waals surface area contributed by atoms with Gasteiger partial charge in [0.2, 0.25) is 0 Å². The molecule has 0 aromatic heterocycles. The Morgan fingerprint density at radius 1 is 1.44 bits per heavy atom. The Morgan fingerprint density at radius 3 is 2.62 bits per heavy atom. The molecule has 1 aromatic rings. The van der Waals surface area contributed by atoms with Crippen LogP contribution in [0.25, 0.3) is 0 Å². The van der Waals surface area contributed by atoms with Crippen LogP contribution in [0, 0.1) is 0 Å². The van der Waals surface area contributed by atoms with Gasteiger partial charge in [-0.3, -0.25) is 4.90 Å². The lowest BCUT2D eigenvalue weighted by Crippen LogP contribution is -2.43. The van der Waals surface area contributed by atoms with Crippen LogP contribution in [0.3, 0.4) is 0 Å². The Hall–Kier alpha value is -0.770. The normalized spacial score (nSPS) is 12.1. The van der Waals surface area contributed by atoms with E-state index in [9.17, 15) is 5.11 Å². The predicted octanol–water partition coefficient (Wildman–Crippen LogP) is 2.12. The lowest BCUT2D eigenvalue weighted by Gasteiger charge is -2.34. The van der Waals surface area contributed by atoms with Gasteiger partial charge in [-0.05, 0) is 44.7 Å². The first-order chi connectivity index (χ1) is 7.36. The number of rotatable bonds is 4. The number of benzene rings is 1. The summed E-state index contributed by atoms with van der Waals surface area (Å²) in [4.78, 5) is 2.05. The second-order valence-corrected chi connectivity index (χ2v) is 5.11. The zero-order valence-corrected chi connectivity index (χ0v) is 10.8. The fraction of sp³-hybridized carbons (Fsp3) is 0.500. The minimum absolute atomic E-state index is 0.101. The summed E-state index contributed by atoms with van der Waals surface area (Å²) < 4.78 is 0. The van der Waals surface area contributed by atoms with Gasteiger partial charge in [0.05, 0.1) is 6.61 Å². The van der Waals surface area contributed by atoms with Crippen LogP contribution in [-0.2, 0) is 6.54 Å². The zero-order chi connectivity index (χ0) is 12.3. The third kappa shape index (κ3) is 3.11. The predicted molar refractivity (Wildman–Crippen MR) is 68.5 cm³/mol. The van der Waals surface area contributed by atoms with E-state index in [-0.39, 0.29) is 12.1 Å². The Morgan fingerprint density at radius 2 is 2.06 bits per heavy atom. The number of halogens is 1. The molecule has 0 aliphatic heterocycles. The molecule has 0 aliphatic rings. The largest absolute Gasteiger partial charge is 0.398 e. The molecule has 0 saturated heterocycles. The molecule has 16 heavy (non-hydrogen) atoms. The second kappa shape index (κ2) is 5.04. The number of nitrogen functional groups attached to an aromatic ring is 1. The molecule has 4 heteroatoms. The van der Waals surface area contributed by atoms with Crippen LogP contribution in [0.5, 0.6) is 0 Å². The van der Waals surface area contributed by atoms with Gasteiger partial charge < -0.3 is 10.8 Å². The minimum Gasteiger partial charge on any atom is -0.398 e. The van der Waals surface area contributed by atoms with Gasteiger partial charge in [0.25, 0.3) is 0 Å². The highest BCUT2D eigenvalue weighted by Gasteiger charge is 2.22. The summed E-state index contributed by atoms with van der Waals surface area (Å²) in [5, 5.41) is 9.95. The maximum Gasteiger partial charge on any atom is 0.0610 e. The van der Waals surface area contributed by atoms with Gasteiger partial charge in [-0.1, -0.05) is 11.6 Å². The fourth-order valence-corrected chi connectivity index (χ4v) is 1.50. The summed E-state index contributed by atoms with van der Waals surface area (Å²) in [6.45, 7) is 4.73. The molecule has 0 fully saturated rings. The Balaban J connectivity index is 2.84. The number of nitrogens with zero attached hydrogens (tertiary/aromatic N) is 1. The standard InChI is InChI=1S/C12H19ClN2O/c1-12(2,8-16)15(3)7-9-6-10(13)4-5-11(9)14/h4-6,16H,7-8,14H2,1-3H3. The van der Waals surface area contributed by atoms with Crippen LogP contribution >= 0.6 is 11.6 Å². The van der Waals surface area contributed by atoms with Crippen LogP contribution < -0.4 is 5.73 Å². The molecule has 1 aromatic carbocycles. The van der Waals surface area contributed by atoms with Crippen LogP contribution in [-0.4, -0.2) is 29.2 Å². The van der Waals surface area contributed by atoms with Gasteiger partial charge in [-0.15, -0.1) is 0 Å². The Bertz CT molecular complexity index is 366. The van der Waals surface area contributed by atoms with Crippen molar-refractivity contribution in [3.8, 4) is 0 Å². The van der Waals surface area contributed by atoms with E-state index in [4.69, 9.17) is 17.3 Å². The topological polar surface area (TPSA) is 49.5 Å². The third-order valence-electron chi connectivity index (χ3n) is 2.93. The van der Waals surface area contributed by atoms with E-state index in [1.807, 2.05) is 27.0 Å². The van der Waals surface area contributed by atoms with Gasteiger partial charge in [-0.25, -0.2) is 0 Å². The average molecular weight is 243 g/mol. The summed E-state index contributed by atoms with van der Waals surface area (Å²) in [6.07, 6.45) is 0. The third-order valence-corrected chi connectivity index (χ3v) is 3.17. The quantitative estimate of drug-likeness (QED) is 0.796. The number of hydrogen-bond donors (Lipinski definition) is 2. The molecular weight excluding hydrogens is 224 g/mol. The van der Waals surface area contributed by atoms with Crippen LogP contribution in [0.4, 0.5) is 5.69 Å². The van der Waals surface area contributed by atoms with Gasteiger partial charge in [-0.2, -0.15) is 0 Å². The number of likely N-dealkylation sites (N-methyl/N-ethyl adjacent to an activating group) is 1. The summed E-state index contributed by atoms with van der Waals surface area (Å²) in [7, 11) is 1.95. The Labute approximate surface area is 102 Å². The van der Waals surface area contributed by atoms with E-state index in [1.165, 1.54) is 0 Å². The maximum atomic E-state index is 9.27. The smallest absolute Gasteiger partial charge is 0.0610 e. The van der Waals surface area contributed by atoms with Crippen molar-refractivity contribution < 1.29 is 5.11 Å². The number of hydrogen-bond acceptors (Lipinski definition) is 3. The zero-order valence-electron chi connectivity index (χ0n) is 10.00. The maximum absolute atomic E-state index is 9.27. The van der Waals surface area contributed by atoms with Crippen LogP contribution in [0.1, 0.15) is 19.4 Å². The van der Waals surface area contributed by atoms with Crippen molar-refractivity contribution in [2.24, 2.45) is 0 Å². The number of aliphatic hydroxyl groups excluding tert-OH is 1. The first-order valence-corrected chi connectivity index (χ1v) is 5.60. The van der Waals surface area contributed by atoms with Crippen molar-refractivity contribution in [1.29, 1.82) is 0 Å². The van der Waals surface area contributed by atoms with Crippen LogP contribution in [0.2, 0.25) is 5.02 Å².